The second kappa shape index (κ2) is 7.53. The fourth-order valence-electron chi connectivity index (χ4n) is 3.19. The van der Waals surface area contributed by atoms with Crippen LogP contribution in [0.1, 0.15) is 38.3 Å². The Bertz CT molecular complexity index is 432. The van der Waals surface area contributed by atoms with Crippen LogP contribution in [0.3, 0.4) is 0 Å². The summed E-state index contributed by atoms with van der Waals surface area (Å²) in [5.74, 6) is 0.363. The molecule has 0 bridgehead atoms. The van der Waals surface area contributed by atoms with Crippen LogP contribution >= 0.6 is 15.9 Å². The van der Waals surface area contributed by atoms with Crippen molar-refractivity contribution in [3.63, 3.8) is 0 Å². The molecule has 0 spiro atoms. The average molecular weight is 343 g/mol. The molecule has 2 nitrogen and oxygen atoms in total. The first-order valence-electron chi connectivity index (χ1n) is 7.53. The van der Waals surface area contributed by atoms with Gasteiger partial charge in [0.25, 0.3) is 0 Å². The van der Waals surface area contributed by atoms with E-state index in [0.717, 1.165) is 44.6 Å². The fraction of sp³-hybridized carbons (Fsp3) is 0.625. The number of halogens is 2. The Balaban J connectivity index is 2.31. The van der Waals surface area contributed by atoms with Gasteiger partial charge in [-0.3, -0.25) is 4.90 Å². The lowest BCUT2D eigenvalue weighted by Crippen LogP contribution is -2.46. The van der Waals surface area contributed by atoms with Crippen molar-refractivity contribution in [2.75, 3.05) is 26.2 Å². The summed E-state index contributed by atoms with van der Waals surface area (Å²) in [6.45, 7) is 8.59. The Morgan fingerprint density at radius 1 is 1.35 bits per heavy atom. The number of hydrogen-bond donors (Lipinski definition) is 1. The SMILES string of the molecule is CCCC(C)[C@H](c1cccc(F)c1Br)N1CCNCC1. The number of rotatable bonds is 5. The van der Waals surface area contributed by atoms with Crippen LogP contribution in [0.2, 0.25) is 0 Å². The molecule has 20 heavy (non-hydrogen) atoms. The second-order valence-corrected chi connectivity index (χ2v) is 6.43. The molecule has 2 atom stereocenters. The van der Waals surface area contributed by atoms with Crippen molar-refractivity contribution >= 4 is 15.9 Å². The minimum Gasteiger partial charge on any atom is -0.314 e. The number of piperazine rings is 1. The second-order valence-electron chi connectivity index (χ2n) is 5.64. The van der Waals surface area contributed by atoms with Crippen molar-refractivity contribution < 1.29 is 4.39 Å². The van der Waals surface area contributed by atoms with Gasteiger partial charge in [0.2, 0.25) is 0 Å². The highest BCUT2D eigenvalue weighted by Crippen LogP contribution is 2.36. The van der Waals surface area contributed by atoms with Crippen LogP contribution in [0.5, 0.6) is 0 Å². The maximum absolute atomic E-state index is 13.9. The Labute approximate surface area is 129 Å². The summed E-state index contributed by atoms with van der Waals surface area (Å²) in [5, 5.41) is 3.39. The largest absolute Gasteiger partial charge is 0.314 e. The molecule has 112 valence electrons. The average Bonchev–Trinajstić information content (AvgIpc) is 2.45. The Morgan fingerprint density at radius 3 is 2.70 bits per heavy atom. The lowest BCUT2D eigenvalue weighted by atomic mass is 9.89. The highest BCUT2D eigenvalue weighted by Gasteiger charge is 2.28. The van der Waals surface area contributed by atoms with Gasteiger partial charge in [0.05, 0.1) is 4.47 Å². The van der Waals surface area contributed by atoms with Crippen LogP contribution in [0.25, 0.3) is 0 Å². The van der Waals surface area contributed by atoms with Crippen molar-refractivity contribution in [3.8, 4) is 0 Å². The van der Waals surface area contributed by atoms with Gasteiger partial charge >= 0.3 is 0 Å². The van der Waals surface area contributed by atoms with E-state index in [1.165, 1.54) is 6.07 Å². The van der Waals surface area contributed by atoms with Crippen molar-refractivity contribution in [1.29, 1.82) is 0 Å². The minimum atomic E-state index is -0.161. The van der Waals surface area contributed by atoms with Gasteiger partial charge in [-0.1, -0.05) is 32.4 Å². The molecule has 1 saturated heterocycles. The molecule has 0 saturated carbocycles. The highest BCUT2D eigenvalue weighted by molar-refractivity contribution is 9.10. The fourth-order valence-corrected chi connectivity index (χ4v) is 3.68. The predicted molar refractivity (Wildman–Crippen MR) is 85.4 cm³/mol. The summed E-state index contributed by atoms with van der Waals surface area (Å²) in [7, 11) is 0. The highest BCUT2D eigenvalue weighted by atomic mass is 79.9. The zero-order valence-electron chi connectivity index (χ0n) is 12.3. The van der Waals surface area contributed by atoms with Crippen molar-refractivity contribution in [1.82, 2.24) is 10.2 Å². The number of benzene rings is 1. The van der Waals surface area contributed by atoms with Gasteiger partial charge in [-0.25, -0.2) is 4.39 Å². The van der Waals surface area contributed by atoms with Crippen LogP contribution < -0.4 is 5.32 Å². The van der Waals surface area contributed by atoms with Gasteiger partial charge in [0.15, 0.2) is 0 Å². The van der Waals surface area contributed by atoms with Crippen LogP contribution in [0.4, 0.5) is 4.39 Å². The molecule has 1 unspecified atom stereocenters. The molecular formula is C16H24BrFN2. The lowest BCUT2D eigenvalue weighted by Gasteiger charge is -2.39. The monoisotopic (exact) mass is 342 g/mol. The molecule has 0 radical (unpaired) electrons. The Hall–Kier alpha value is -0.450. The van der Waals surface area contributed by atoms with Gasteiger partial charge in [0, 0.05) is 32.2 Å². The number of hydrogen-bond acceptors (Lipinski definition) is 2. The topological polar surface area (TPSA) is 15.3 Å². The van der Waals surface area contributed by atoms with E-state index in [-0.39, 0.29) is 5.82 Å². The first-order valence-corrected chi connectivity index (χ1v) is 8.33. The van der Waals surface area contributed by atoms with E-state index >= 15 is 0 Å². The van der Waals surface area contributed by atoms with E-state index in [9.17, 15) is 4.39 Å². The smallest absolute Gasteiger partial charge is 0.137 e. The van der Waals surface area contributed by atoms with Gasteiger partial charge in [-0.15, -0.1) is 0 Å². The zero-order chi connectivity index (χ0) is 14.5. The number of nitrogens with one attached hydrogen (secondary N) is 1. The van der Waals surface area contributed by atoms with Crippen molar-refractivity contribution in [2.24, 2.45) is 5.92 Å². The van der Waals surface area contributed by atoms with E-state index in [1.54, 1.807) is 0 Å². The summed E-state index contributed by atoms with van der Waals surface area (Å²) >= 11 is 3.45. The molecule has 1 heterocycles. The molecule has 2 rings (SSSR count). The van der Waals surface area contributed by atoms with Gasteiger partial charge in [0.1, 0.15) is 5.82 Å². The molecule has 1 fully saturated rings. The molecule has 1 aliphatic heterocycles. The van der Waals surface area contributed by atoms with Crippen LogP contribution in [0.15, 0.2) is 22.7 Å². The van der Waals surface area contributed by atoms with Crippen LogP contribution in [-0.2, 0) is 0 Å². The summed E-state index contributed by atoms with van der Waals surface area (Å²) < 4.78 is 14.5. The normalized spacial score (nSPS) is 19.8. The van der Waals surface area contributed by atoms with Crippen molar-refractivity contribution in [3.05, 3.63) is 34.1 Å². The molecule has 1 N–H and O–H groups in total. The maximum atomic E-state index is 13.9. The van der Waals surface area contributed by atoms with E-state index in [0.29, 0.717) is 16.4 Å². The Kier molecular flexibility index (Phi) is 6.00. The van der Waals surface area contributed by atoms with E-state index < -0.39 is 0 Å². The predicted octanol–water partition coefficient (Wildman–Crippen LogP) is 3.97. The summed E-state index contributed by atoms with van der Waals surface area (Å²) in [5.41, 5.74) is 1.09. The van der Waals surface area contributed by atoms with Gasteiger partial charge in [-0.05, 0) is 39.9 Å². The van der Waals surface area contributed by atoms with E-state index in [2.05, 4.69) is 46.1 Å². The Morgan fingerprint density at radius 2 is 2.05 bits per heavy atom. The summed E-state index contributed by atoms with van der Waals surface area (Å²) in [4.78, 5) is 2.50. The third-order valence-electron chi connectivity index (χ3n) is 4.13. The lowest BCUT2D eigenvalue weighted by molar-refractivity contribution is 0.125. The zero-order valence-corrected chi connectivity index (χ0v) is 13.9. The molecule has 0 aliphatic carbocycles. The third-order valence-corrected chi connectivity index (χ3v) is 4.96. The van der Waals surface area contributed by atoms with Crippen LogP contribution in [0, 0.1) is 11.7 Å². The van der Waals surface area contributed by atoms with E-state index in [4.69, 9.17) is 0 Å². The first kappa shape index (κ1) is 15.9. The first-order chi connectivity index (χ1) is 9.65. The maximum Gasteiger partial charge on any atom is 0.137 e. The quantitative estimate of drug-likeness (QED) is 0.870. The molecule has 4 heteroatoms. The molecule has 1 aromatic rings. The molecular weight excluding hydrogens is 319 g/mol. The van der Waals surface area contributed by atoms with Gasteiger partial charge < -0.3 is 5.32 Å². The summed E-state index contributed by atoms with van der Waals surface area (Å²) in [6.07, 6.45) is 2.33. The van der Waals surface area contributed by atoms with Crippen molar-refractivity contribution in [2.45, 2.75) is 32.7 Å². The van der Waals surface area contributed by atoms with Crippen LogP contribution in [-0.4, -0.2) is 31.1 Å². The van der Waals surface area contributed by atoms with Gasteiger partial charge in [-0.2, -0.15) is 0 Å². The third kappa shape index (κ3) is 3.60. The molecule has 0 aromatic heterocycles. The summed E-state index contributed by atoms with van der Waals surface area (Å²) in [6, 6.07) is 5.70. The standard InChI is InChI=1S/C16H24BrFN2/c1-3-5-12(2)16(20-10-8-19-9-11-20)13-6-4-7-14(18)15(13)17/h4,6-7,12,16,19H,3,5,8-11H2,1-2H3/t12?,16-/m1/s1. The van der Waals surface area contributed by atoms with E-state index in [1.807, 2.05) is 6.07 Å². The molecule has 1 aliphatic rings. The number of nitrogens with zero attached hydrogens (tertiary/aromatic N) is 1. The molecule has 1 aromatic carbocycles. The minimum absolute atomic E-state index is 0.161. The molecule has 0 amide bonds.